The van der Waals surface area contributed by atoms with E-state index in [1.54, 1.807) is 11.9 Å². The summed E-state index contributed by atoms with van der Waals surface area (Å²) in [5.74, 6) is 0.833. The van der Waals surface area contributed by atoms with Gasteiger partial charge in [0.05, 0.1) is 0 Å². The van der Waals surface area contributed by atoms with Crippen molar-refractivity contribution in [2.24, 2.45) is 5.92 Å². The quantitative estimate of drug-likeness (QED) is 0.617. The highest BCUT2D eigenvalue weighted by Gasteiger charge is 2.15. The summed E-state index contributed by atoms with van der Waals surface area (Å²) in [5, 5.41) is 3.10. The average molecular weight is 384 g/mol. The van der Waals surface area contributed by atoms with Gasteiger partial charge in [0.25, 0.3) is 0 Å². The molecule has 1 aromatic rings. The number of carbonyl (C=O) groups is 2. The van der Waals surface area contributed by atoms with Gasteiger partial charge < -0.3 is 15.0 Å². The van der Waals surface area contributed by atoms with Crippen LogP contribution in [0.1, 0.15) is 41.5 Å². The summed E-state index contributed by atoms with van der Waals surface area (Å²) in [6.45, 7) is 15.4. The third-order valence-electron chi connectivity index (χ3n) is 2.80. The summed E-state index contributed by atoms with van der Waals surface area (Å²) in [6.07, 6.45) is 1.68. The first-order chi connectivity index (χ1) is 12.5. The van der Waals surface area contributed by atoms with E-state index in [9.17, 15) is 4.79 Å². The molecule has 1 saturated heterocycles. The number of nitrogens with zero attached hydrogens (tertiary/aromatic N) is 2. The molecule has 1 N–H and O–H groups in total. The lowest BCUT2D eigenvalue weighted by molar-refractivity contribution is -0.119. The largest absolute Gasteiger partial charge is 0.388 e. The van der Waals surface area contributed by atoms with Crippen molar-refractivity contribution >= 4 is 30.3 Å². The molecule has 0 unspecified atom stereocenters. The Kier molecular flexibility index (Phi) is 18.8. The van der Waals surface area contributed by atoms with Crippen molar-refractivity contribution in [2.75, 3.05) is 38.5 Å². The normalized spacial score (nSPS) is 13.2. The molecule has 0 radical (unpaired) electrons. The Balaban J connectivity index is 0. The Morgan fingerprint density at radius 2 is 1.42 bits per heavy atom. The van der Waals surface area contributed by atoms with Gasteiger partial charge in [-0.25, -0.2) is 4.31 Å². The number of piperazine rings is 1. The summed E-state index contributed by atoms with van der Waals surface area (Å²) in [6, 6.07) is 8.37. The smallest absolute Gasteiger partial charge is 0.209 e. The number of nitrogens with one attached hydrogen (secondary N) is 1. The molecule has 0 bridgehead atoms. The molecule has 0 aliphatic carbocycles. The van der Waals surface area contributed by atoms with Crippen LogP contribution in [0.2, 0.25) is 0 Å². The summed E-state index contributed by atoms with van der Waals surface area (Å²) >= 11 is 1.76. The number of rotatable bonds is 4. The van der Waals surface area contributed by atoms with Crippen molar-refractivity contribution in [3.8, 4) is 0 Å². The predicted molar refractivity (Wildman–Crippen MR) is 115 cm³/mol. The maximum Gasteiger partial charge on any atom is 0.209 e. The fourth-order valence-electron chi connectivity index (χ4n) is 1.73. The highest BCUT2D eigenvalue weighted by molar-refractivity contribution is 7.97. The van der Waals surface area contributed by atoms with Crippen LogP contribution < -0.4 is 5.32 Å². The number of hydrogen-bond donors (Lipinski definition) is 1. The fourth-order valence-corrected chi connectivity index (χ4v) is 2.63. The van der Waals surface area contributed by atoms with E-state index < -0.39 is 0 Å². The van der Waals surface area contributed by atoms with Gasteiger partial charge in [-0.05, 0) is 49.1 Å². The molecule has 6 heteroatoms. The van der Waals surface area contributed by atoms with Crippen LogP contribution in [0.25, 0.3) is 0 Å². The van der Waals surface area contributed by atoms with Crippen LogP contribution in [0.15, 0.2) is 29.2 Å². The lowest BCUT2D eigenvalue weighted by Crippen LogP contribution is -2.42. The predicted octanol–water partition coefficient (Wildman–Crippen LogP) is 4.40. The first kappa shape index (κ1) is 26.7. The highest BCUT2D eigenvalue weighted by atomic mass is 32.2. The molecule has 26 heavy (non-hydrogen) atoms. The third kappa shape index (κ3) is 14.8. The monoisotopic (exact) mass is 383 g/mol. The zero-order valence-corrected chi connectivity index (χ0v) is 18.3. The minimum Gasteiger partial charge on any atom is -0.388 e. The Bertz CT molecular complexity index is 442. The van der Waals surface area contributed by atoms with Gasteiger partial charge in [0, 0.05) is 43.8 Å². The molecule has 1 amide bonds. The van der Waals surface area contributed by atoms with E-state index in [2.05, 4.69) is 54.7 Å². The lowest BCUT2D eigenvalue weighted by Gasteiger charge is -2.31. The Labute approximate surface area is 164 Å². The minimum atomic E-state index is 0.750. The number of hydrogen-bond acceptors (Lipinski definition) is 5. The molecule has 150 valence electrons. The van der Waals surface area contributed by atoms with E-state index in [-0.39, 0.29) is 0 Å². The topological polar surface area (TPSA) is 52.7 Å². The lowest BCUT2D eigenvalue weighted by atomic mass is 10.3. The van der Waals surface area contributed by atoms with Crippen LogP contribution in [0.4, 0.5) is 5.69 Å². The Morgan fingerprint density at radius 3 is 1.77 bits per heavy atom. The van der Waals surface area contributed by atoms with E-state index in [4.69, 9.17) is 4.79 Å². The van der Waals surface area contributed by atoms with E-state index in [0.717, 1.165) is 50.5 Å². The van der Waals surface area contributed by atoms with Crippen LogP contribution in [-0.4, -0.2) is 55.1 Å². The SMILES string of the molecule is CC.CC(C)C.CC=O.CNc1ccc(SN2CCN(C=O)CC2)cc1. The van der Waals surface area contributed by atoms with Crippen LogP contribution in [0.3, 0.4) is 0 Å². The molecule has 1 aliphatic rings. The van der Waals surface area contributed by atoms with Crippen molar-refractivity contribution in [1.82, 2.24) is 9.21 Å². The second-order valence-corrected chi connectivity index (χ2v) is 7.07. The van der Waals surface area contributed by atoms with Gasteiger partial charge in [0.1, 0.15) is 6.29 Å². The van der Waals surface area contributed by atoms with E-state index in [1.165, 1.54) is 11.8 Å². The summed E-state index contributed by atoms with van der Waals surface area (Å²) < 4.78 is 2.30. The standard InChI is InChI=1S/C12H17N3OS.C4H10.C2H4O.C2H6/c1-13-11-2-4-12(5-3-11)17-15-8-6-14(10-16)7-9-15;1-4(2)3;1-2-3;1-2/h2-5,10,13H,6-9H2,1H3;4H,1-3H3;2H,1H3;1-2H3. The molecule has 5 nitrogen and oxygen atoms in total. The second kappa shape index (κ2) is 18.3. The van der Waals surface area contributed by atoms with E-state index in [1.807, 2.05) is 25.8 Å². The molecular formula is C20H37N3O2S. The van der Waals surface area contributed by atoms with Gasteiger partial charge in [-0.15, -0.1) is 0 Å². The number of anilines is 1. The molecule has 1 aliphatic heterocycles. The number of carbonyl (C=O) groups excluding carboxylic acids is 2. The van der Waals surface area contributed by atoms with Gasteiger partial charge >= 0.3 is 0 Å². The van der Waals surface area contributed by atoms with Crippen molar-refractivity contribution < 1.29 is 9.59 Å². The van der Waals surface area contributed by atoms with Gasteiger partial charge in [-0.1, -0.05) is 34.6 Å². The molecule has 0 saturated carbocycles. The maximum atomic E-state index is 10.6. The van der Waals surface area contributed by atoms with Crippen LogP contribution in [-0.2, 0) is 9.59 Å². The zero-order chi connectivity index (χ0) is 20.4. The van der Waals surface area contributed by atoms with Crippen molar-refractivity contribution in [3.05, 3.63) is 24.3 Å². The van der Waals surface area contributed by atoms with E-state index >= 15 is 0 Å². The molecule has 1 heterocycles. The van der Waals surface area contributed by atoms with Gasteiger partial charge in [0.15, 0.2) is 0 Å². The molecule has 2 rings (SSSR count). The first-order valence-corrected chi connectivity index (χ1v) is 10.0. The van der Waals surface area contributed by atoms with Crippen molar-refractivity contribution in [1.29, 1.82) is 0 Å². The molecule has 0 aromatic heterocycles. The molecule has 1 aromatic carbocycles. The van der Waals surface area contributed by atoms with Crippen LogP contribution in [0.5, 0.6) is 0 Å². The van der Waals surface area contributed by atoms with Gasteiger partial charge in [-0.2, -0.15) is 0 Å². The first-order valence-electron chi connectivity index (χ1n) is 9.26. The van der Waals surface area contributed by atoms with Crippen molar-refractivity contribution in [3.63, 3.8) is 0 Å². The second-order valence-electron chi connectivity index (χ2n) is 5.90. The maximum absolute atomic E-state index is 10.6. The number of aldehydes is 1. The summed E-state index contributed by atoms with van der Waals surface area (Å²) in [4.78, 5) is 22.5. The van der Waals surface area contributed by atoms with Crippen molar-refractivity contribution in [2.45, 2.75) is 46.4 Å². The molecule has 0 atom stereocenters. The average Bonchev–Trinajstić information content (AvgIpc) is 2.65. The summed E-state index contributed by atoms with van der Waals surface area (Å²) in [5.41, 5.74) is 1.13. The van der Waals surface area contributed by atoms with E-state index in [0.29, 0.717) is 0 Å². The van der Waals surface area contributed by atoms with Gasteiger partial charge in [0.2, 0.25) is 6.41 Å². The highest BCUT2D eigenvalue weighted by Crippen LogP contribution is 2.24. The van der Waals surface area contributed by atoms with Crippen LogP contribution >= 0.6 is 11.9 Å². The Morgan fingerprint density at radius 1 is 1.00 bits per heavy atom. The molecule has 1 fully saturated rings. The zero-order valence-electron chi connectivity index (χ0n) is 17.5. The molecular weight excluding hydrogens is 346 g/mol. The number of benzene rings is 1. The third-order valence-corrected chi connectivity index (χ3v) is 3.91. The molecule has 0 spiro atoms. The fraction of sp³-hybridized carbons (Fsp3) is 0.600. The van der Waals surface area contributed by atoms with Gasteiger partial charge in [-0.3, -0.25) is 4.79 Å². The minimum absolute atomic E-state index is 0.750. The number of amides is 1. The summed E-state index contributed by atoms with van der Waals surface area (Å²) in [7, 11) is 1.92. The van der Waals surface area contributed by atoms with Crippen LogP contribution in [0, 0.1) is 5.92 Å². The Hall–Kier alpha value is -1.53.